The van der Waals surface area contributed by atoms with Crippen LogP contribution in [0.15, 0.2) is 9.52 Å². The summed E-state index contributed by atoms with van der Waals surface area (Å²) < 4.78 is 10.4. The molecule has 2 heterocycles. The summed E-state index contributed by atoms with van der Waals surface area (Å²) in [4.78, 5) is 8.13. The molecule has 102 valence electrons. The number of aryl methyl sites for hydroxylation is 1. The molecule has 1 fully saturated rings. The monoisotopic (exact) mass is 367 g/mol. The first-order chi connectivity index (χ1) is 8.24. The summed E-state index contributed by atoms with van der Waals surface area (Å²) in [7, 11) is 0. The highest BCUT2D eigenvalue weighted by Crippen LogP contribution is 2.10. The SMILES string of the molecule is Cc1noc(CN=C(N)NCC2CCCO2)n1.I. The third-order valence-corrected chi connectivity index (χ3v) is 2.49. The first kappa shape index (κ1) is 15.2. The highest BCUT2D eigenvalue weighted by Gasteiger charge is 2.14. The Kier molecular flexibility index (Phi) is 6.33. The third-order valence-electron chi connectivity index (χ3n) is 2.49. The first-order valence-corrected chi connectivity index (χ1v) is 5.68. The van der Waals surface area contributed by atoms with E-state index in [-0.39, 0.29) is 30.1 Å². The Morgan fingerprint density at radius 1 is 1.61 bits per heavy atom. The second-order valence-electron chi connectivity index (χ2n) is 3.95. The summed E-state index contributed by atoms with van der Waals surface area (Å²) in [6.45, 7) is 3.59. The lowest BCUT2D eigenvalue weighted by atomic mass is 10.2. The number of nitrogens with one attached hydrogen (secondary N) is 1. The Bertz CT molecular complexity index is 389. The van der Waals surface area contributed by atoms with Gasteiger partial charge in [0.15, 0.2) is 11.8 Å². The maximum Gasteiger partial charge on any atom is 0.248 e. The van der Waals surface area contributed by atoms with Crippen LogP contribution in [0, 0.1) is 6.92 Å². The van der Waals surface area contributed by atoms with Gasteiger partial charge in [0.1, 0.15) is 6.54 Å². The largest absolute Gasteiger partial charge is 0.376 e. The van der Waals surface area contributed by atoms with E-state index in [1.807, 2.05) is 0 Å². The Morgan fingerprint density at radius 2 is 2.44 bits per heavy atom. The van der Waals surface area contributed by atoms with Gasteiger partial charge in [0.05, 0.1) is 6.10 Å². The van der Waals surface area contributed by atoms with E-state index in [0.29, 0.717) is 30.8 Å². The fourth-order valence-electron chi connectivity index (χ4n) is 1.64. The van der Waals surface area contributed by atoms with Crippen molar-refractivity contribution in [3.63, 3.8) is 0 Å². The van der Waals surface area contributed by atoms with Gasteiger partial charge >= 0.3 is 0 Å². The molecular weight excluding hydrogens is 349 g/mol. The van der Waals surface area contributed by atoms with Gasteiger partial charge in [0.2, 0.25) is 5.89 Å². The third kappa shape index (κ3) is 4.77. The summed E-state index contributed by atoms with van der Waals surface area (Å²) in [6, 6.07) is 0. The maximum atomic E-state index is 5.70. The van der Waals surface area contributed by atoms with Crippen LogP contribution >= 0.6 is 24.0 Å². The average molecular weight is 367 g/mol. The molecule has 8 heteroatoms. The molecular formula is C10H18IN5O2. The smallest absolute Gasteiger partial charge is 0.248 e. The fraction of sp³-hybridized carbons (Fsp3) is 0.700. The van der Waals surface area contributed by atoms with Crippen molar-refractivity contribution in [3.8, 4) is 0 Å². The minimum Gasteiger partial charge on any atom is -0.376 e. The van der Waals surface area contributed by atoms with Gasteiger partial charge in [-0.25, -0.2) is 4.99 Å². The first-order valence-electron chi connectivity index (χ1n) is 5.68. The van der Waals surface area contributed by atoms with Gasteiger partial charge in [-0.1, -0.05) is 5.16 Å². The molecule has 1 atom stereocenters. The van der Waals surface area contributed by atoms with Crippen molar-refractivity contribution in [1.82, 2.24) is 15.5 Å². The molecule has 0 amide bonds. The van der Waals surface area contributed by atoms with Crippen LogP contribution in [0.4, 0.5) is 0 Å². The highest BCUT2D eigenvalue weighted by atomic mass is 127. The quantitative estimate of drug-likeness (QED) is 0.459. The summed E-state index contributed by atoms with van der Waals surface area (Å²) >= 11 is 0. The predicted molar refractivity (Wildman–Crippen MR) is 76.8 cm³/mol. The van der Waals surface area contributed by atoms with Crippen LogP contribution in [-0.4, -0.2) is 35.4 Å². The molecule has 1 aromatic heterocycles. The molecule has 1 aliphatic heterocycles. The van der Waals surface area contributed by atoms with Gasteiger partial charge in [0, 0.05) is 13.2 Å². The number of ether oxygens (including phenoxy) is 1. The number of hydrogen-bond donors (Lipinski definition) is 2. The molecule has 0 aromatic carbocycles. The van der Waals surface area contributed by atoms with Crippen molar-refractivity contribution in [2.75, 3.05) is 13.2 Å². The molecule has 0 aliphatic carbocycles. The van der Waals surface area contributed by atoms with E-state index < -0.39 is 0 Å². The average Bonchev–Trinajstić information content (AvgIpc) is 2.95. The second-order valence-corrected chi connectivity index (χ2v) is 3.95. The Labute approximate surface area is 123 Å². The van der Waals surface area contributed by atoms with Gasteiger partial charge in [0.25, 0.3) is 0 Å². The normalized spacial score (nSPS) is 19.6. The zero-order valence-electron chi connectivity index (χ0n) is 10.3. The standard InChI is InChI=1S/C10H17N5O2.HI/c1-7-14-9(17-15-7)6-13-10(11)12-5-8-3-2-4-16-8;/h8H,2-6H2,1H3,(H3,11,12,13);1H. The molecule has 0 bridgehead atoms. The second kappa shape index (κ2) is 7.52. The summed E-state index contributed by atoms with van der Waals surface area (Å²) in [5.41, 5.74) is 5.70. The van der Waals surface area contributed by atoms with Gasteiger partial charge in [-0.05, 0) is 19.8 Å². The number of aromatic nitrogens is 2. The summed E-state index contributed by atoms with van der Waals surface area (Å²) in [5.74, 6) is 1.43. The molecule has 2 rings (SSSR count). The van der Waals surface area contributed by atoms with Crippen molar-refractivity contribution in [1.29, 1.82) is 0 Å². The molecule has 1 unspecified atom stereocenters. The summed E-state index contributed by atoms with van der Waals surface area (Å²) in [6.07, 6.45) is 2.43. The molecule has 0 spiro atoms. The van der Waals surface area contributed by atoms with Crippen LogP contribution in [0.5, 0.6) is 0 Å². The highest BCUT2D eigenvalue weighted by molar-refractivity contribution is 14.0. The molecule has 7 nitrogen and oxygen atoms in total. The van der Waals surface area contributed by atoms with E-state index in [1.165, 1.54) is 0 Å². The van der Waals surface area contributed by atoms with Gasteiger partial charge in [-0.2, -0.15) is 4.98 Å². The minimum atomic E-state index is 0. The molecule has 1 aromatic rings. The van der Waals surface area contributed by atoms with Crippen molar-refractivity contribution in [2.45, 2.75) is 32.4 Å². The zero-order valence-corrected chi connectivity index (χ0v) is 12.6. The van der Waals surface area contributed by atoms with E-state index in [2.05, 4.69) is 20.4 Å². The van der Waals surface area contributed by atoms with Crippen LogP contribution in [0.2, 0.25) is 0 Å². The molecule has 0 radical (unpaired) electrons. The molecule has 0 saturated carbocycles. The van der Waals surface area contributed by atoms with Crippen molar-refractivity contribution < 1.29 is 9.26 Å². The van der Waals surface area contributed by atoms with Crippen LogP contribution < -0.4 is 11.1 Å². The number of nitrogens with two attached hydrogens (primary N) is 1. The van der Waals surface area contributed by atoms with Crippen LogP contribution in [0.1, 0.15) is 24.6 Å². The molecule has 1 saturated heterocycles. The predicted octanol–water partition coefficient (Wildman–Crippen LogP) is 0.579. The van der Waals surface area contributed by atoms with E-state index in [4.69, 9.17) is 15.0 Å². The lowest BCUT2D eigenvalue weighted by molar-refractivity contribution is 0.114. The lowest BCUT2D eigenvalue weighted by Gasteiger charge is -2.10. The molecule has 1 aliphatic rings. The number of halogens is 1. The van der Waals surface area contributed by atoms with Crippen molar-refractivity contribution in [2.24, 2.45) is 10.7 Å². The maximum absolute atomic E-state index is 5.70. The van der Waals surface area contributed by atoms with Gasteiger partial charge in [-0.15, -0.1) is 24.0 Å². The van der Waals surface area contributed by atoms with Crippen LogP contribution in [0.25, 0.3) is 0 Å². The van der Waals surface area contributed by atoms with Crippen molar-refractivity contribution in [3.05, 3.63) is 11.7 Å². The van der Waals surface area contributed by atoms with Crippen LogP contribution in [-0.2, 0) is 11.3 Å². The Morgan fingerprint density at radius 3 is 3.06 bits per heavy atom. The Balaban J connectivity index is 0.00000162. The lowest BCUT2D eigenvalue weighted by Crippen LogP contribution is -2.37. The van der Waals surface area contributed by atoms with Crippen LogP contribution in [0.3, 0.4) is 0 Å². The number of nitrogens with zero attached hydrogens (tertiary/aromatic N) is 3. The fourth-order valence-corrected chi connectivity index (χ4v) is 1.64. The van der Waals surface area contributed by atoms with Gasteiger partial charge in [-0.3, -0.25) is 0 Å². The topological polar surface area (TPSA) is 98.6 Å². The number of hydrogen-bond acceptors (Lipinski definition) is 5. The minimum absolute atomic E-state index is 0. The van der Waals surface area contributed by atoms with E-state index >= 15 is 0 Å². The van der Waals surface area contributed by atoms with Crippen molar-refractivity contribution >= 4 is 29.9 Å². The molecule has 18 heavy (non-hydrogen) atoms. The number of guanidine groups is 1. The molecule has 3 N–H and O–H groups in total. The van der Waals surface area contributed by atoms with E-state index in [9.17, 15) is 0 Å². The van der Waals surface area contributed by atoms with Gasteiger partial charge < -0.3 is 20.3 Å². The Hall–Kier alpha value is -0.900. The number of aliphatic imine (C=N–C) groups is 1. The number of rotatable bonds is 4. The van der Waals surface area contributed by atoms with E-state index in [0.717, 1.165) is 19.4 Å². The van der Waals surface area contributed by atoms with E-state index in [1.54, 1.807) is 6.92 Å². The zero-order chi connectivity index (χ0) is 12.1. The summed E-state index contributed by atoms with van der Waals surface area (Å²) in [5, 5.41) is 6.68.